The first-order chi connectivity index (χ1) is 19.4. The van der Waals surface area contributed by atoms with Crippen LogP contribution in [-0.2, 0) is 25.7 Å². The van der Waals surface area contributed by atoms with E-state index in [9.17, 15) is 19.5 Å². The van der Waals surface area contributed by atoms with Gasteiger partial charge in [0, 0.05) is 12.5 Å². The van der Waals surface area contributed by atoms with Crippen LogP contribution in [0.4, 0.5) is 4.79 Å². The molecular weight excluding hydrogens is 508 g/mol. The van der Waals surface area contributed by atoms with Gasteiger partial charge in [-0.25, -0.2) is 4.79 Å². The van der Waals surface area contributed by atoms with Gasteiger partial charge >= 0.3 is 12.1 Å². The molecule has 3 aromatic carbocycles. The zero-order chi connectivity index (χ0) is 28.1. The fourth-order valence-electron chi connectivity index (χ4n) is 5.25. The zero-order valence-corrected chi connectivity index (χ0v) is 22.5. The van der Waals surface area contributed by atoms with Crippen molar-refractivity contribution >= 4 is 18.0 Å². The highest BCUT2D eigenvalue weighted by atomic mass is 16.5. The maximum absolute atomic E-state index is 13.6. The summed E-state index contributed by atoms with van der Waals surface area (Å²) in [4.78, 5) is 39.6. The molecule has 0 saturated heterocycles. The van der Waals surface area contributed by atoms with Gasteiger partial charge in [0.15, 0.2) is 0 Å². The van der Waals surface area contributed by atoms with Gasteiger partial charge in [-0.3, -0.25) is 9.59 Å². The Morgan fingerprint density at radius 2 is 1.52 bits per heavy atom. The van der Waals surface area contributed by atoms with E-state index in [1.165, 1.54) is 4.90 Å². The highest BCUT2D eigenvalue weighted by Crippen LogP contribution is 2.44. The predicted octanol–water partition coefficient (Wildman–Crippen LogP) is 4.82. The number of benzene rings is 3. The van der Waals surface area contributed by atoms with Crippen LogP contribution in [0.3, 0.4) is 0 Å². The van der Waals surface area contributed by atoms with Crippen LogP contribution in [0.15, 0.2) is 78.9 Å². The maximum atomic E-state index is 13.6. The number of carbonyl (C=O) groups excluding carboxylic acids is 2. The predicted molar refractivity (Wildman–Crippen MR) is 150 cm³/mol. The van der Waals surface area contributed by atoms with Crippen molar-refractivity contribution in [2.24, 2.45) is 5.92 Å². The van der Waals surface area contributed by atoms with Gasteiger partial charge in [0.05, 0.1) is 12.7 Å². The third kappa shape index (κ3) is 6.51. The molecule has 2 N–H and O–H groups in total. The van der Waals surface area contributed by atoms with E-state index >= 15 is 0 Å². The molecule has 8 nitrogen and oxygen atoms in total. The molecule has 2 atom stereocenters. The summed E-state index contributed by atoms with van der Waals surface area (Å²) in [6.07, 6.45) is 0.419. The van der Waals surface area contributed by atoms with Crippen LogP contribution in [0, 0.1) is 5.92 Å². The minimum Gasteiger partial charge on any atom is -0.480 e. The summed E-state index contributed by atoms with van der Waals surface area (Å²) >= 11 is 0. The number of ether oxygens (including phenoxy) is 2. The first kappa shape index (κ1) is 27.4. The largest absolute Gasteiger partial charge is 0.480 e. The van der Waals surface area contributed by atoms with Crippen molar-refractivity contribution in [1.29, 1.82) is 0 Å². The SMILES string of the molecule is CC(OCc1ccccc1)C(NC(=O)OCC1c2ccccc2-c2ccccc21)C(=O)N(CC(=O)O)CC1CC1. The normalized spacial score (nSPS) is 15.4. The number of rotatable bonds is 12. The standard InChI is InChI=1S/C32H34N2O6/c1-21(39-19-23-9-3-2-4-10-23)30(31(37)34(18-29(35)36)17-22-15-16-22)33-32(38)40-20-28-26-13-7-5-11-24(26)25-12-6-8-14-27(25)28/h2-14,21-22,28,30H,15-20H2,1H3,(H,33,38)(H,35,36). The Morgan fingerprint density at radius 3 is 2.12 bits per heavy atom. The summed E-state index contributed by atoms with van der Waals surface area (Å²) in [6, 6.07) is 24.5. The highest BCUT2D eigenvalue weighted by Gasteiger charge is 2.36. The lowest BCUT2D eigenvalue weighted by atomic mass is 9.98. The molecule has 1 fully saturated rings. The maximum Gasteiger partial charge on any atom is 0.407 e. The Bertz CT molecular complexity index is 1310. The molecule has 2 aliphatic rings. The molecule has 2 aliphatic carbocycles. The molecule has 40 heavy (non-hydrogen) atoms. The summed E-state index contributed by atoms with van der Waals surface area (Å²) in [5.41, 5.74) is 5.32. The molecular formula is C32H34N2O6. The summed E-state index contributed by atoms with van der Waals surface area (Å²) in [6.45, 7) is 1.93. The first-order valence-corrected chi connectivity index (χ1v) is 13.7. The number of fused-ring (bicyclic) bond motifs is 3. The summed E-state index contributed by atoms with van der Waals surface area (Å²) in [5, 5.41) is 12.2. The molecule has 3 aromatic rings. The Hall–Kier alpha value is -4.17. The highest BCUT2D eigenvalue weighted by molar-refractivity contribution is 5.88. The van der Waals surface area contributed by atoms with E-state index in [4.69, 9.17) is 9.47 Å². The smallest absolute Gasteiger partial charge is 0.407 e. The molecule has 5 rings (SSSR count). The minimum absolute atomic E-state index is 0.0982. The lowest BCUT2D eigenvalue weighted by Crippen LogP contribution is -2.55. The molecule has 0 spiro atoms. The zero-order valence-electron chi connectivity index (χ0n) is 22.5. The fourth-order valence-corrected chi connectivity index (χ4v) is 5.25. The van der Waals surface area contributed by atoms with Crippen LogP contribution in [0.5, 0.6) is 0 Å². The Balaban J connectivity index is 1.29. The van der Waals surface area contributed by atoms with Crippen LogP contribution >= 0.6 is 0 Å². The van der Waals surface area contributed by atoms with Gasteiger partial charge in [0.25, 0.3) is 0 Å². The molecule has 0 bridgehead atoms. The van der Waals surface area contributed by atoms with Gasteiger partial charge < -0.3 is 24.8 Å². The van der Waals surface area contributed by atoms with Crippen molar-refractivity contribution in [2.75, 3.05) is 19.7 Å². The second-order valence-electron chi connectivity index (χ2n) is 10.5. The molecule has 8 heteroatoms. The average molecular weight is 543 g/mol. The number of aliphatic carboxylic acids is 1. The molecule has 0 heterocycles. The van der Waals surface area contributed by atoms with Crippen LogP contribution < -0.4 is 5.32 Å². The number of amides is 2. The van der Waals surface area contributed by atoms with E-state index in [0.29, 0.717) is 6.54 Å². The number of carbonyl (C=O) groups is 3. The quantitative estimate of drug-likeness (QED) is 0.340. The number of carboxylic acids is 1. The Labute approximate surface area is 233 Å². The fraction of sp³-hybridized carbons (Fsp3) is 0.344. The number of hydrogen-bond acceptors (Lipinski definition) is 5. The van der Waals surface area contributed by atoms with Gasteiger partial charge in [-0.05, 0) is 53.5 Å². The average Bonchev–Trinajstić information content (AvgIpc) is 3.73. The molecule has 0 radical (unpaired) electrons. The Morgan fingerprint density at radius 1 is 0.925 bits per heavy atom. The van der Waals surface area contributed by atoms with Crippen molar-refractivity contribution < 1.29 is 29.0 Å². The van der Waals surface area contributed by atoms with E-state index in [0.717, 1.165) is 40.7 Å². The third-order valence-electron chi connectivity index (χ3n) is 7.52. The van der Waals surface area contributed by atoms with Crippen LogP contribution in [0.2, 0.25) is 0 Å². The van der Waals surface area contributed by atoms with E-state index in [1.807, 2.05) is 66.7 Å². The molecule has 1 saturated carbocycles. The summed E-state index contributed by atoms with van der Waals surface area (Å²) in [5.74, 6) is -1.45. The minimum atomic E-state index is -1.11. The second-order valence-corrected chi connectivity index (χ2v) is 10.5. The van der Waals surface area contributed by atoms with Gasteiger partial charge in [-0.2, -0.15) is 0 Å². The van der Waals surface area contributed by atoms with Crippen molar-refractivity contribution in [3.63, 3.8) is 0 Å². The van der Waals surface area contributed by atoms with Crippen LogP contribution in [0.25, 0.3) is 11.1 Å². The second kappa shape index (κ2) is 12.3. The van der Waals surface area contributed by atoms with Gasteiger partial charge in [0.1, 0.15) is 19.2 Å². The molecule has 2 amide bonds. The molecule has 2 unspecified atom stereocenters. The lowest BCUT2D eigenvalue weighted by Gasteiger charge is -2.30. The van der Waals surface area contributed by atoms with Crippen LogP contribution in [0.1, 0.15) is 42.4 Å². The Kier molecular flexibility index (Phi) is 8.45. The topological polar surface area (TPSA) is 105 Å². The monoisotopic (exact) mass is 542 g/mol. The first-order valence-electron chi connectivity index (χ1n) is 13.7. The molecule has 0 aromatic heterocycles. The van der Waals surface area contributed by atoms with Crippen molar-refractivity contribution in [1.82, 2.24) is 10.2 Å². The van der Waals surface area contributed by atoms with Gasteiger partial charge in [-0.15, -0.1) is 0 Å². The van der Waals surface area contributed by atoms with Gasteiger partial charge in [-0.1, -0.05) is 78.9 Å². The number of alkyl carbamates (subject to hydrolysis) is 1. The van der Waals surface area contributed by atoms with Crippen molar-refractivity contribution in [2.45, 2.75) is 44.4 Å². The van der Waals surface area contributed by atoms with Gasteiger partial charge in [0.2, 0.25) is 5.91 Å². The third-order valence-corrected chi connectivity index (χ3v) is 7.52. The number of hydrogen-bond donors (Lipinski definition) is 2. The summed E-state index contributed by atoms with van der Waals surface area (Å²) < 4.78 is 11.7. The lowest BCUT2D eigenvalue weighted by molar-refractivity contribution is -0.147. The number of nitrogens with one attached hydrogen (secondary N) is 1. The molecule has 0 aliphatic heterocycles. The van der Waals surface area contributed by atoms with Crippen LogP contribution in [-0.4, -0.2) is 59.8 Å². The van der Waals surface area contributed by atoms with E-state index in [2.05, 4.69) is 17.4 Å². The number of nitrogens with zero attached hydrogens (tertiary/aromatic N) is 1. The van der Waals surface area contributed by atoms with E-state index < -0.39 is 36.7 Å². The summed E-state index contributed by atoms with van der Waals surface area (Å²) in [7, 11) is 0. The van der Waals surface area contributed by atoms with E-state index in [1.54, 1.807) is 6.92 Å². The van der Waals surface area contributed by atoms with E-state index in [-0.39, 0.29) is 25.0 Å². The molecule has 208 valence electrons. The van der Waals surface area contributed by atoms with Crippen molar-refractivity contribution in [3.8, 4) is 11.1 Å². The number of carboxylic acid groups (broad SMARTS) is 1. The van der Waals surface area contributed by atoms with Crippen molar-refractivity contribution in [3.05, 3.63) is 95.6 Å².